The Labute approximate surface area is 327 Å². The van der Waals surface area contributed by atoms with Crippen molar-refractivity contribution >= 4 is 75.4 Å². The molecule has 0 aliphatic carbocycles. The third-order valence-electron chi connectivity index (χ3n) is 9.83. The number of nitrogens with one attached hydrogen (secondary N) is 2. The van der Waals surface area contributed by atoms with E-state index >= 15 is 0 Å². The van der Waals surface area contributed by atoms with E-state index in [1.54, 1.807) is 41.3 Å². The number of piperidine rings is 1. The average Bonchev–Trinajstić information content (AvgIpc) is 3.88. The Balaban J connectivity index is 1.15. The van der Waals surface area contributed by atoms with E-state index in [-0.39, 0.29) is 58.8 Å². The number of anilines is 3. The van der Waals surface area contributed by atoms with Crippen molar-refractivity contribution < 1.29 is 39.0 Å². The molecule has 2 saturated heterocycles. The number of rotatable bonds is 9. The van der Waals surface area contributed by atoms with Crippen LogP contribution in [0.5, 0.6) is 0 Å². The summed E-state index contributed by atoms with van der Waals surface area (Å²) < 4.78 is 1.93. The van der Waals surface area contributed by atoms with Gasteiger partial charge in [0, 0.05) is 60.3 Å². The molecule has 2 aliphatic rings. The molecule has 7 rings (SSSR count). The van der Waals surface area contributed by atoms with Crippen LogP contribution in [0.4, 0.5) is 26.7 Å². The van der Waals surface area contributed by atoms with E-state index in [1.807, 2.05) is 0 Å². The molecular weight excluding hydrogens is 762 g/mol. The Kier molecular flexibility index (Phi) is 10.5. The Hall–Kier alpha value is -7.33. The third kappa shape index (κ3) is 7.79. The van der Waals surface area contributed by atoms with Crippen molar-refractivity contribution in [2.75, 3.05) is 41.7 Å². The van der Waals surface area contributed by atoms with Crippen molar-refractivity contribution in [1.29, 1.82) is 5.26 Å². The molecule has 5 aromatic rings. The van der Waals surface area contributed by atoms with Crippen LogP contribution >= 0.6 is 11.6 Å². The van der Waals surface area contributed by atoms with Crippen molar-refractivity contribution in [3.8, 4) is 11.8 Å². The maximum absolute atomic E-state index is 14.2. The lowest BCUT2D eigenvalue weighted by Gasteiger charge is -2.38. The number of fused-ring (bicyclic) bond motifs is 1. The molecule has 0 radical (unpaired) electrons. The predicted octanol–water partition coefficient (Wildman–Crippen LogP) is 3.69. The summed E-state index contributed by atoms with van der Waals surface area (Å²) in [6.45, 7) is 0.791. The number of hydrogen-bond donors (Lipinski definition) is 4. The van der Waals surface area contributed by atoms with Crippen LogP contribution in [-0.2, 0) is 20.8 Å². The number of carboxylic acids is 1. The van der Waals surface area contributed by atoms with E-state index in [1.165, 1.54) is 40.2 Å². The molecule has 19 nitrogen and oxygen atoms in total. The lowest BCUT2D eigenvalue weighted by molar-refractivity contribution is -0.149. The summed E-state index contributed by atoms with van der Waals surface area (Å²) >= 11 is 6.29. The number of carbonyl (C=O) groups is 6. The number of nitriles is 1. The van der Waals surface area contributed by atoms with Crippen LogP contribution in [0, 0.1) is 17.2 Å². The summed E-state index contributed by atoms with van der Waals surface area (Å²) in [6, 6.07) is 17.3. The molecule has 5 amide bonds. The molecule has 1 atom stereocenters. The van der Waals surface area contributed by atoms with Gasteiger partial charge in [0.15, 0.2) is 0 Å². The average molecular weight is 794 g/mol. The van der Waals surface area contributed by atoms with Gasteiger partial charge in [-0.2, -0.15) is 9.94 Å². The van der Waals surface area contributed by atoms with Crippen molar-refractivity contribution in [2.45, 2.75) is 25.3 Å². The van der Waals surface area contributed by atoms with Crippen LogP contribution in [0.3, 0.4) is 0 Å². The number of piperazine rings is 1. The summed E-state index contributed by atoms with van der Waals surface area (Å²) in [5.41, 5.74) is 1.47. The highest BCUT2D eigenvalue weighted by Gasteiger charge is 2.41. The number of carbonyl (C=O) groups excluding carboxylic acids is 4. The quantitative estimate of drug-likeness (QED) is 0.156. The molecule has 2 aromatic heterocycles. The summed E-state index contributed by atoms with van der Waals surface area (Å²) in [4.78, 5) is 82.5. The fourth-order valence-electron chi connectivity index (χ4n) is 6.94. The van der Waals surface area contributed by atoms with E-state index in [9.17, 15) is 39.0 Å². The van der Waals surface area contributed by atoms with E-state index < -0.39 is 41.5 Å². The minimum atomic E-state index is -1.50. The first kappa shape index (κ1) is 38.0. The van der Waals surface area contributed by atoms with Gasteiger partial charge in [0.2, 0.25) is 5.91 Å². The Bertz CT molecular complexity index is 2460. The van der Waals surface area contributed by atoms with Gasteiger partial charge in [-0.3, -0.25) is 14.4 Å². The SMILES string of the molecule is N#CC1CCN(C(=O)Nc2ccc(CC(C(=O)Nc3ccc4c(c3)cc(C(=O)O)n4C(=O)O)N3CCN(c4cc(Cl)ccc4-n4cnnn4)C(=O)C3=O)cc2)CC1. The van der Waals surface area contributed by atoms with Crippen molar-refractivity contribution in [2.24, 2.45) is 5.92 Å². The van der Waals surface area contributed by atoms with Crippen LogP contribution in [0.2, 0.25) is 5.02 Å². The Morgan fingerprint density at radius 1 is 0.877 bits per heavy atom. The van der Waals surface area contributed by atoms with Crippen LogP contribution in [-0.4, -0.2) is 113 Å². The highest BCUT2D eigenvalue weighted by atomic mass is 35.5. The Morgan fingerprint density at radius 3 is 2.28 bits per heavy atom. The fraction of sp³-hybridized carbons (Fsp3) is 0.243. The zero-order chi connectivity index (χ0) is 40.4. The minimum absolute atomic E-state index is 0.0347. The second-order valence-corrected chi connectivity index (χ2v) is 13.7. The fourth-order valence-corrected chi connectivity index (χ4v) is 7.11. The molecule has 4 heterocycles. The molecule has 4 N–H and O–H groups in total. The van der Waals surface area contributed by atoms with Crippen molar-refractivity contribution in [1.82, 2.24) is 34.6 Å². The molecule has 57 heavy (non-hydrogen) atoms. The van der Waals surface area contributed by atoms with Gasteiger partial charge >= 0.3 is 29.9 Å². The van der Waals surface area contributed by atoms with Gasteiger partial charge < -0.3 is 35.5 Å². The maximum atomic E-state index is 14.2. The van der Waals surface area contributed by atoms with Crippen molar-refractivity contribution in [3.05, 3.63) is 89.3 Å². The van der Waals surface area contributed by atoms with Gasteiger partial charge in [-0.25, -0.2) is 19.0 Å². The zero-order valence-corrected chi connectivity index (χ0v) is 30.5. The van der Waals surface area contributed by atoms with Crippen LogP contribution in [0.1, 0.15) is 28.9 Å². The van der Waals surface area contributed by atoms with Crippen LogP contribution in [0.25, 0.3) is 16.6 Å². The minimum Gasteiger partial charge on any atom is -0.477 e. The molecule has 20 heteroatoms. The molecular formula is C37H32ClN11O8. The number of benzene rings is 3. The van der Waals surface area contributed by atoms with Gasteiger partial charge in [-0.15, -0.1) is 5.10 Å². The second kappa shape index (κ2) is 15.8. The number of amides is 5. The molecule has 3 aromatic carbocycles. The summed E-state index contributed by atoms with van der Waals surface area (Å²) in [5.74, 6) is -4.15. The first-order valence-electron chi connectivity index (χ1n) is 17.5. The highest BCUT2D eigenvalue weighted by Crippen LogP contribution is 2.31. The number of likely N-dealkylation sites (tertiary alicyclic amines) is 1. The Morgan fingerprint density at radius 2 is 1.61 bits per heavy atom. The van der Waals surface area contributed by atoms with E-state index in [2.05, 4.69) is 32.2 Å². The second-order valence-electron chi connectivity index (χ2n) is 13.3. The predicted molar refractivity (Wildman–Crippen MR) is 202 cm³/mol. The summed E-state index contributed by atoms with van der Waals surface area (Å²) in [5, 5.41) is 45.6. The molecule has 2 fully saturated rings. The summed E-state index contributed by atoms with van der Waals surface area (Å²) in [6.07, 6.45) is 0.937. The lowest BCUT2D eigenvalue weighted by Crippen LogP contribution is -2.60. The molecule has 0 bridgehead atoms. The highest BCUT2D eigenvalue weighted by molar-refractivity contribution is 6.41. The van der Waals surface area contributed by atoms with Crippen molar-refractivity contribution in [3.63, 3.8) is 0 Å². The number of urea groups is 1. The van der Waals surface area contributed by atoms with Gasteiger partial charge in [0.1, 0.15) is 18.1 Å². The lowest BCUT2D eigenvalue weighted by atomic mass is 9.99. The molecule has 0 spiro atoms. The smallest absolute Gasteiger partial charge is 0.416 e. The third-order valence-corrected chi connectivity index (χ3v) is 10.1. The monoisotopic (exact) mass is 793 g/mol. The van der Waals surface area contributed by atoms with Gasteiger partial charge in [0.25, 0.3) is 0 Å². The molecule has 0 saturated carbocycles. The first-order valence-corrected chi connectivity index (χ1v) is 17.9. The largest absolute Gasteiger partial charge is 0.477 e. The van der Waals surface area contributed by atoms with Gasteiger partial charge in [-0.1, -0.05) is 23.7 Å². The number of aromatic nitrogens is 5. The standard InChI is InChI=1S/C37H32ClN11O8/c38-24-3-7-28(48-20-40-43-44-48)29(18-24)46-13-14-47(34(52)33(46)51)30(15-21-1-4-25(5-2-21)42-36(55)45-11-9-22(19-39)10-12-45)32(50)41-26-6-8-27-23(16-26)17-31(35(53)54)49(27)37(56)57/h1-8,16-18,20,22,30H,9-15H2,(H,41,50)(H,42,55)(H,53,54)(H,56,57). The summed E-state index contributed by atoms with van der Waals surface area (Å²) in [7, 11) is 0. The number of hydrogen-bond acceptors (Lipinski definition) is 10. The van der Waals surface area contributed by atoms with Crippen LogP contribution in [0.15, 0.2) is 73.1 Å². The van der Waals surface area contributed by atoms with Gasteiger partial charge in [-0.05, 0) is 83.4 Å². The van der Waals surface area contributed by atoms with Crippen LogP contribution < -0.4 is 15.5 Å². The number of halogens is 1. The first-order chi connectivity index (χ1) is 27.4. The van der Waals surface area contributed by atoms with Gasteiger partial charge in [0.05, 0.1) is 23.0 Å². The number of aromatic carboxylic acids is 1. The molecule has 290 valence electrons. The number of tetrazole rings is 1. The topological polar surface area (TPSA) is 249 Å². The number of nitrogens with zero attached hydrogens (tertiary/aromatic N) is 9. The van der Waals surface area contributed by atoms with E-state index in [0.717, 1.165) is 11.0 Å². The normalized spacial score (nSPS) is 15.3. The number of carboxylic acid groups (broad SMARTS) is 2. The molecule has 1 unspecified atom stereocenters. The maximum Gasteiger partial charge on any atom is 0.416 e. The molecule has 2 aliphatic heterocycles. The van der Waals surface area contributed by atoms with E-state index in [4.69, 9.17) is 16.9 Å². The zero-order valence-electron chi connectivity index (χ0n) is 29.8. The van der Waals surface area contributed by atoms with E-state index in [0.29, 0.717) is 47.4 Å².